The first kappa shape index (κ1) is 13.1. The van der Waals surface area contributed by atoms with Crippen molar-refractivity contribution in [2.24, 2.45) is 11.1 Å². The Morgan fingerprint density at radius 1 is 1.41 bits per heavy atom. The Balaban J connectivity index is 1.76. The summed E-state index contributed by atoms with van der Waals surface area (Å²) in [5.74, 6) is 0. The maximum Gasteiger partial charge on any atom is 0.0178 e. The maximum atomic E-state index is 5.76. The van der Waals surface area contributed by atoms with Crippen LogP contribution in [0.5, 0.6) is 0 Å². The molecule has 3 heteroatoms. The highest BCUT2D eigenvalue weighted by Gasteiger charge is 2.40. The predicted octanol–water partition coefficient (Wildman–Crippen LogP) is 2.63. The molecule has 94 valence electrons. The van der Waals surface area contributed by atoms with E-state index in [0.29, 0.717) is 5.41 Å². The first-order chi connectivity index (χ1) is 8.15. The van der Waals surface area contributed by atoms with Gasteiger partial charge in [-0.1, -0.05) is 22.0 Å². The summed E-state index contributed by atoms with van der Waals surface area (Å²) in [5, 5.41) is 3.54. The molecule has 1 aliphatic carbocycles. The molecular formula is C14H21BrN2. The normalized spacial score (nSPS) is 17.1. The highest BCUT2D eigenvalue weighted by molar-refractivity contribution is 9.10. The average molecular weight is 297 g/mol. The lowest BCUT2D eigenvalue weighted by Crippen LogP contribution is -2.30. The van der Waals surface area contributed by atoms with E-state index in [0.717, 1.165) is 26.1 Å². The summed E-state index contributed by atoms with van der Waals surface area (Å²) in [6.07, 6.45) is 3.69. The summed E-state index contributed by atoms with van der Waals surface area (Å²) in [5.41, 5.74) is 8.99. The van der Waals surface area contributed by atoms with Gasteiger partial charge in [0.25, 0.3) is 0 Å². The van der Waals surface area contributed by atoms with Gasteiger partial charge in [-0.25, -0.2) is 0 Å². The molecule has 0 radical (unpaired) electrons. The van der Waals surface area contributed by atoms with E-state index in [1.54, 1.807) is 0 Å². The SMILES string of the molecule is Cc1ccc(Br)cc1CCNCC1(CN)CC1. The van der Waals surface area contributed by atoms with Gasteiger partial charge in [0, 0.05) is 11.0 Å². The molecule has 0 spiro atoms. The zero-order valence-electron chi connectivity index (χ0n) is 10.4. The van der Waals surface area contributed by atoms with Crippen LogP contribution in [0.2, 0.25) is 0 Å². The summed E-state index contributed by atoms with van der Waals surface area (Å²) in [4.78, 5) is 0. The molecule has 0 heterocycles. The Labute approximate surface area is 112 Å². The van der Waals surface area contributed by atoms with E-state index in [-0.39, 0.29) is 0 Å². The van der Waals surface area contributed by atoms with Crippen LogP contribution in [-0.2, 0) is 6.42 Å². The minimum absolute atomic E-state index is 0.437. The first-order valence-electron chi connectivity index (χ1n) is 6.31. The first-order valence-corrected chi connectivity index (χ1v) is 7.10. The zero-order valence-corrected chi connectivity index (χ0v) is 12.0. The Morgan fingerprint density at radius 3 is 2.82 bits per heavy atom. The molecule has 0 amide bonds. The van der Waals surface area contributed by atoms with Crippen LogP contribution in [-0.4, -0.2) is 19.6 Å². The number of hydrogen-bond donors (Lipinski definition) is 2. The summed E-state index contributed by atoms with van der Waals surface area (Å²) in [7, 11) is 0. The smallest absolute Gasteiger partial charge is 0.0178 e. The number of nitrogens with one attached hydrogen (secondary N) is 1. The van der Waals surface area contributed by atoms with Crippen molar-refractivity contribution in [3.05, 3.63) is 33.8 Å². The molecular weight excluding hydrogens is 276 g/mol. The molecule has 0 aromatic heterocycles. The van der Waals surface area contributed by atoms with Crippen LogP contribution in [0.15, 0.2) is 22.7 Å². The third-order valence-corrected chi connectivity index (χ3v) is 4.27. The standard InChI is InChI=1S/C14H21BrN2/c1-11-2-3-13(15)8-12(11)4-7-17-10-14(9-16)5-6-14/h2-3,8,17H,4-7,9-10,16H2,1H3. The molecule has 1 aromatic rings. The second kappa shape index (κ2) is 5.51. The van der Waals surface area contributed by atoms with Crippen molar-refractivity contribution in [2.45, 2.75) is 26.2 Å². The van der Waals surface area contributed by atoms with E-state index in [1.165, 1.54) is 28.4 Å². The van der Waals surface area contributed by atoms with Gasteiger partial charge in [-0.05, 0) is 68.0 Å². The lowest BCUT2D eigenvalue weighted by Gasteiger charge is -2.13. The topological polar surface area (TPSA) is 38.0 Å². The van der Waals surface area contributed by atoms with Gasteiger partial charge in [0.2, 0.25) is 0 Å². The molecule has 2 rings (SSSR count). The number of hydrogen-bond acceptors (Lipinski definition) is 2. The fourth-order valence-corrected chi connectivity index (χ4v) is 2.52. The largest absolute Gasteiger partial charge is 0.330 e. The van der Waals surface area contributed by atoms with Crippen molar-refractivity contribution < 1.29 is 0 Å². The zero-order chi connectivity index (χ0) is 12.3. The van der Waals surface area contributed by atoms with Crippen molar-refractivity contribution in [2.75, 3.05) is 19.6 Å². The Bertz CT molecular complexity index is 386. The van der Waals surface area contributed by atoms with Crippen molar-refractivity contribution in [1.82, 2.24) is 5.32 Å². The predicted molar refractivity (Wildman–Crippen MR) is 76.2 cm³/mol. The summed E-state index contributed by atoms with van der Waals surface area (Å²) < 4.78 is 1.17. The number of rotatable bonds is 6. The summed E-state index contributed by atoms with van der Waals surface area (Å²) >= 11 is 3.52. The van der Waals surface area contributed by atoms with E-state index in [2.05, 4.69) is 46.4 Å². The number of halogens is 1. The van der Waals surface area contributed by atoms with Gasteiger partial charge in [-0.3, -0.25) is 0 Å². The van der Waals surface area contributed by atoms with Gasteiger partial charge >= 0.3 is 0 Å². The third-order valence-electron chi connectivity index (χ3n) is 3.77. The van der Waals surface area contributed by atoms with Crippen LogP contribution in [0.25, 0.3) is 0 Å². The number of benzene rings is 1. The van der Waals surface area contributed by atoms with Crippen molar-refractivity contribution in [3.8, 4) is 0 Å². The van der Waals surface area contributed by atoms with Crippen molar-refractivity contribution >= 4 is 15.9 Å². The highest BCUT2D eigenvalue weighted by atomic mass is 79.9. The third kappa shape index (κ3) is 3.54. The Morgan fingerprint density at radius 2 is 2.18 bits per heavy atom. The van der Waals surface area contributed by atoms with E-state index in [4.69, 9.17) is 5.73 Å². The van der Waals surface area contributed by atoms with E-state index < -0.39 is 0 Å². The Kier molecular flexibility index (Phi) is 4.23. The van der Waals surface area contributed by atoms with Gasteiger partial charge in [0.15, 0.2) is 0 Å². The average Bonchev–Trinajstić information content (AvgIpc) is 3.10. The molecule has 0 aliphatic heterocycles. The maximum absolute atomic E-state index is 5.76. The molecule has 0 bridgehead atoms. The lowest BCUT2D eigenvalue weighted by atomic mass is 10.1. The molecule has 1 aliphatic rings. The van der Waals surface area contributed by atoms with Gasteiger partial charge in [-0.15, -0.1) is 0 Å². The molecule has 0 atom stereocenters. The van der Waals surface area contributed by atoms with Gasteiger partial charge < -0.3 is 11.1 Å². The minimum Gasteiger partial charge on any atom is -0.330 e. The van der Waals surface area contributed by atoms with Crippen LogP contribution in [0, 0.1) is 12.3 Å². The Hall–Kier alpha value is -0.380. The van der Waals surface area contributed by atoms with Crippen LogP contribution in [0.1, 0.15) is 24.0 Å². The fraction of sp³-hybridized carbons (Fsp3) is 0.571. The molecule has 2 nitrogen and oxygen atoms in total. The van der Waals surface area contributed by atoms with E-state index >= 15 is 0 Å². The van der Waals surface area contributed by atoms with Gasteiger partial charge in [0.05, 0.1) is 0 Å². The molecule has 0 unspecified atom stereocenters. The molecule has 17 heavy (non-hydrogen) atoms. The van der Waals surface area contributed by atoms with Gasteiger partial charge in [-0.2, -0.15) is 0 Å². The highest BCUT2D eigenvalue weighted by Crippen LogP contribution is 2.43. The molecule has 1 fully saturated rings. The lowest BCUT2D eigenvalue weighted by molar-refractivity contribution is 0.470. The van der Waals surface area contributed by atoms with Crippen molar-refractivity contribution in [3.63, 3.8) is 0 Å². The fourth-order valence-electron chi connectivity index (χ4n) is 2.12. The quantitative estimate of drug-likeness (QED) is 0.792. The summed E-state index contributed by atoms with van der Waals surface area (Å²) in [6, 6.07) is 6.48. The van der Waals surface area contributed by atoms with E-state index in [9.17, 15) is 0 Å². The molecule has 1 aromatic carbocycles. The minimum atomic E-state index is 0.437. The monoisotopic (exact) mass is 296 g/mol. The summed E-state index contributed by atoms with van der Waals surface area (Å²) in [6.45, 7) is 5.12. The van der Waals surface area contributed by atoms with Crippen LogP contribution < -0.4 is 11.1 Å². The second-order valence-corrected chi connectivity index (χ2v) is 6.12. The van der Waals surface area contributed by atoms with Crippen LogP contribution in [0.3, 0.4) is 0 Å². The van der Waals surface area contributed by atoms with Crippen LogP contribution in [0.4, 0.5) is 0 Å². The van der Waals surface area contributed by atoms with Crippen molar-refractivity contribution in [1.29, 1.82) is 0 Å². The van der Waals surface area contributed by atoms with Crippen LogP contribution >= 0.6 is 15.9 Å². The molecule has 0 saturated heterocycles. The molecule has 3 N–H and O–H groups in total. The van der Waals surface area contributed by atoms with Gasteiger partial charge in [0.1, 0.15) is 0 Å². The van der Waals surface area contributed by atoms with E-state index in [1.807, 2.05) is 0 Å². The molecule has 1 saturated carbocycles. The number of aryl methyl sites for hydroxylation is 1. The number of nitrogens with two attached hydrogens (primary N) is 1. The second-order valence-electron chi connectivity index (χ2n) is 5.20.